The van der Waals surface area contributed by atoms with Gasteiger partial charge in [0.1, 0.15) is 0 Å². The van der Waals surface area contributed by atoms with Gasteiger partial charge in [0.05, 0.1) is 13.2 Å². The summed E-state index contributed by atoms with van der Waals surface area (Å²) in [6, 6.07) is 2.82. The minimum atomic E-state index is -1.88. The van der Waals surface area contributed by atoms with Crippen molar-refractivity contribution in [2.75, 3.05) is 13.2 Å². The van der Waals surface area contributed by atoms with Gasteiger partial charge in [0.2, 0.25) is 0 Å². The summed E-state index contributed by atoms with van der Waals surface area (Å²) in [5.74, 6) is -1.33. The van der Waals surface area contributed by atoms with E-state index in [9.17, 15) is 14.4 Å². The first-order valence-electron chi connectivity index (χ1n) is 8.66. The topological polar surface area (TPSA) is 78.9 Å². The monoisotopic (exact) mass is 358 g/mol. The fourth-order valence-corrected chi connectivity index (χ4v) is 4.70. The Morgan fingerprint density at radius 1 is 0.833 bits per heavy atom. The van der Waals surface area contributed by atoms with Crippen molar-refractivity contribution < 1.29 is 28.3 Å². The van der Waals surface area contributed by atoms with Crippen molar-refractivity contribution in [1.82, 2.24) is 0 Å². The van der Waals surface area contributed by atoms with Crippen LogP contribution in [0.4, 0.5) is 0 Å². The molecule has 0 radical (unpaired) electrons. The highest BCUT2D eigenvalue weighted by Gasteiger charge is 2.32. The second kappa shape index (κ2) is 12.7. The van der Waals surface area contributed by atoms with E-state index in [-0.39, 0.29) is 19.2 Å². The van der Waals surface area contributed by atoms with Crippen LogP contribution >= 0.6 is 0 Å². The summed E-state index contributed by atoms with van der Waals surface area (Å²) >= 11 is 0. The number of hydrogen-bond acceptors (Lipinski definition) is 6. The highest BCUT2D eigenvalue weighted by Crippen LogP contribution is 2.22. The molecule has 0 unspecified atom stereocenters. The number of unbranched alkanes of at least 4 members (excludes halogenated alkanes) is 1. The summed E-state index contributed by atoms with van der Waals surface area (Å²) in [7, 11) is -1.88. The Hall–Kier alpha value is -1.63. The van der Waals surface area contributed by atoms with Crippen LogP contribution in [0.15, 0.2) is 12.2 Å². The number of ether oxygens (including phenoxy) is 2. The first-order valence-corrected chi connectivity index (χ1v) is 11.2. The fraction of sp³-hybridized carbons (Fsp3) is 0.706. The van der Waals surface area contributed by atoms with E-state index in [0.717, 1.165) is 30.3 Å². The molecule has 0 spiro atoms. The zero-order valence-corrected chi connectivity index (χ0v) is 16.3. The Bertz CT molecular complexity index is 421. The van der Waals surface area contributed by atoms with Crippen molar-refractivity contribution >= 4 is 26.2 Å². The molecule has 6 nitrogen and oxygen atoms in total. The number of esters is 2. The molecule has 0 aliphatic heterocycles. The first-order chi connectivity index (χ1) is 11.4. The molecule has 0 amide bonds. The third kappa shape index (κ3) is 9.49. The third-order valence-electron chi connectivity index (χ3n) is 3.93. The predicted octanol–water partition coefficient (Wildman–Crippen LogP) is 3.37. The molecule has 0 bridgehead atoms. The van der Waals surface area contributed by atoms with Crippen molar-refractivity contribution in [2.45, 2.75) is 65.1 Å². The average molecular weight is 359 g/mol. The zero-order valence-electron chi connectivity index (χ0n) is 15.3. The number of carbonyl (C=O) groups excluding carboxylic acids is 3. The Morgan fingerprint density at radius 3 is 1.88 bits per heavy atom. The molecule has 0 N–H and O–H groups in total. The van der Waals surface area contributed by atoms with Gasteiger partial charge in [-0.2, -0.15) is 0 Å². The maximum atomic E-state index is 11.9. The van der Waals surface area contributed by atoms with Gasteiger partial charge in [-0.1, -0.05) is 20.8 Å². The quantitative estimate of drug-likeness (QED) is 0.230. The minimum Gasteiger partial charge on any atom is -0.519 e. The lowest BCUT2D eigenvalue weighted by molar-refractivity contribution is -0.140. The van der Waals surface area contributed by atoms with Crippen LogP contribution in [-0.2, 0) is 28.3 Å². The van der Waals surface area contributed by atoms with E-state index in [1.165, 1.54) is 0 Å². The van der Waals surface area contributed by atoms with E-state index in [4.69, 9.17) is 9.16 Å². The van der Waals surface area contributed by atoms with Crippen LogP contribution < -0.4 is 0 Å². The molecule has 0 saturated heterocycles. The van der Waals surface area contributed by atoms with E-state index in [1.807, 2.05) is 0 Å². The van der Waals surface area contributed by atoms with Crippen molar-refractivity contribution in [3.8, 4) is 0 Å². The van der Waals surface area contributed by atoms with Gasteiger partial charge in [-0.3, -0.25) is 4.79 Å². The van der Waals surface area contributed by atoms with Gasteiger partial charge in [0.15, 0.2) is 0 Å². The summed E-state index contributed by atoms with van der Waals surface area (Å²) in [6.45, 7) is 8.38. The van der Waals surface area contributed by atoms with E-state index >= 15 is 0 Å². The van der Waals surface area contributed by atoms with Crippen LogP contribution in [0.25, 0.3) is 0 Å². The van der Waals surface area contributed by atoms with Crippen molar-refractivity contribution in [2.24, 2.45) is 0 Å². The molecule has 0 saturated carbocycles. The molecule has 0 rings (SSSR count). The Morgan fingerprint density at radius 2 is 1.38 bits per heavy atom. The molecule has 0 aliphatic carbocycles. The summed E-state index contributed by atoms with van der Waals surface area (Å²) in [5.41, 5.74) is 0. The van der Waals surface area contributed by atoms with E-state index in [0.29, 0.717) is 19.3 Å². The lowest BCUT2D eigenvalue weighted by Crippen LogP contribution is -2.38. The molecule has 24 heavy (non-hydrogen) atoms. The highest BCUT2D eigenvalue weighted by molar-refractivity contribution is 6.74. The average Bonchev–Trinajstić information content (AvgIpc) is 2.58. The second-order valence-corrected chi connectivity index (χ2v) is 10.1. The van der Waals surface area contributed by atoms with Gasteiger partial charge in [-0.15, -0.1) is 0 Å². The zero-order chi connectivity index (χ0) is 18.4. The van der Waals surface area contributed by atoms with Crippen LogP contribution in [-0.4, -0.2) is 39.4 Å². The maximum Gasteiger partial charge on any atom is 0.331 e. The van der Waals surface area contributed by atoms with Crippen molar-refractivity contribution in [1.29, 1.82) is 0 Å². The molecule has 0 aromatic carbocycles. The van der Waals surface area contributed by atoms with Crippen molar-refractivity contribution in [3.63, 3.8) is 0 Å². The van der Waals surface area contributed by atoms with Gasteiger partial charge in [0, 0.05) is 18.6 Å². The normalized spacial score (nSPS) is 11.3. The Kier molecular flexibility index (Phi) is 11.9. The van der Waals surface area contributed by atoms with Crippen LogP contribution in [0.1, 0.15) is 47.0 Å². The Balaban J connectivity index is 3.92. The molecule has 7 heteroatoms. The molecule has 0 aliphatic rings. The van der Waals surface area contributed by atoms with Crippen LogP contribution in [0.2, 0.25) is 18.1 Å². The van der Waals surface area contributed by atoms with E-state index in [2.05, 4.69) is 25.5 Å². The van der Waals surface area contributed by atoms with Gasteiger partial charge in [-0.05, 0) is 37.9 Å². The van der Waals surface area contributed by atoms with Gasteiger partial charge >= 0.3 is 11.9 Å². The van der Waals surface area contributed by atoms with Crippen LogP contribution in [0.3, 0.4) is 0 Å². The maximum absolute atomic E-state index is 11.9. The lowest BCUT2D eigenvalue weighted by atomic mass is 10.2. The second-order valence-electron chi connectivity index (χ2n) is 5.43. The molecular formula is C17H30O6Si. The largest absolute Gasteiger partial charge is 0.519 e. The molecular weight excluding hydrogens is 328 g/mol. The van der Waals surface area contributed by atoms with E-state index < -0.39 is 20.3 Å². The third-order valence-corrected chi connectivity index (χ3v) is 8.45. The molecule has 138 valence electrons. The number of rotatable bonds is 12. The van der Waals surface area contributed by atoms with E-state index in [1.54, 1.807) is 6.92 Å². The van der Waals surface area contributed by atoms with Gasteiger partial charge in [0.25, 0.3) is 14.3 Å². The number of hydrogen-bond donors (Lipinski definition) is 0. The lowest BCUT2D eigenvalue weighted by Gasteiger charge is -2.27. The summed E-state index contributed by atoms with van der Waals surface area (Å²) in [5, 5.41) is 0. The molecule has 0 aromatic rings. The Labute approximate surface area is 145 Å². The number of carbonyl (C=O) groups is 3. The fourth-order valence-electron chi connectivity index (χ4n) is 2.18. The SMILES string of the molecule is CCOC(=O)C=CC(=O)OCCCCC(=O)O[Si](CC)(CC)CC. The molecule has 0 fully saturated rings. The summed E-state index contributed by atoms with van der Waals surface area (Å²) in [4.78, 5) is 34.3. The highest BCUT2D eigenvalue weighted by atomic mass is 28.4. The van der Waals surface area contributed by atoms with Crippen LogP contribution in [0, 0.1) is 0 Å². The predicted molar refractivity (Wildman–Crippen MR) is 93.9 cm³/mol. The van der Waals surface area contributed by atoms with Crippen molar-refractivity contribution in [3.05, 3.63) is 12.2 Å². The first kappa shape index (κ1) is 22.4. The van der Waals surface area contributed by atoms with Gasteiger partial charge < -0.3 is 13.9 Å². The smallest absolute Gasteiger partial charge is 0.331 e. The molecule has 0 heterocycles. The standard InChI is InChI=1S/C17H30O6Si/c1-5-21-15(18)12-13-16(19)22-14-10-9-11-17(20)23-24(6-2,7-3)8-4/h12-13H,5-11,14H2,1-4H3. The van der Waals surface area contributed by atoms with Gasteiger partial charge in [-0.25, -0.2) is 9.59 Å². The van der Waals surface area contributed by atoms with Crippen LogP contribution in [0.5, 0.6) is 0 Å². The molecule has 0 atom stereocenters. The summed E-state index contributed by atoms with van der Waals surface area (Å²) in [6.07, 6.45) is 3.59. The summed E-state index contributed by atoms with van der Waals surface area (Å²) < 4.78 is 15.3. The minimum absolute atomic E-state index is 0.152. The molecule has 0 aromatic heterocycles.